The van der Waals surface area contributed by atoms with E-state index in [2.05, 4.69) is 9.71 Å². The number of nitrogens with zero attached hydrogens (tertiary/aromatic N) is 1. The molecule has 0 saturated heterocycles. The molecule has 1 aromatic carbocycles. The third-order valence-electron chi connectivity index (χ3n) is 2.88. The number of hydrogen-bond acceptors (Lipinski definition) is 5. The Morgan fingerprint density at radius 2 is 2.00 bits per heavy atom. The Bertz CT molecular complexity index is 702. The summed E-state index contributed by atoms with van der Waals surface area (Å²) in [6, 6.07) is 8.26. The van der Waals surface area contributed by atoms with Gasteiger partial charge in [0.15, 0.2) is 0 Å². The molecule has 0 amide bonds. The van der Waals surface area contributed by atoms with Crippen molar-refractivity contribution < 1.29 is 17.9 Å². The molecule has 1 heterocycles. The lowest BCUT2D eigenvalue weighted by molar-refractivity contribution is 0.398. The van der Waals surface area contributed by atoms with Crippen molar-refractivity contribution >= 4 is 10.0 Å². The number of sulfonamides is 1. The van der Waals surface area contributed by atoms with Gasteiger partial charge < -0.3 is 9.47 Å². The predicted molar refractivity (Wildman–Crippen MR) is 77.8 cm³/mol. The number of nitrogens with one attached hydrogen (secondary N) is 1. The minimum absolute atomic E-state index is 0.0948. The normalized spacial score (nSPS) is 11.1. The van der Waals surface area contributed by atoms with Crippen LogP contribution in [0.2, 0.25) is 0 Å². The monoisotopic (exact) mass is 308 g/mol. The molecular formula is C14H16N2O4S. The van der Waals surface area contributed by atoms with Gasteiger partial charge in [-0.05, 0) is 30.3 Å². The quantitative estimate of drug-likeness (QED) is 0.876. The Morgan fingerprint density at radius 1 is 1.19 bits per heavy atom. The maximum absolute atomic E-state index is 12.1. The van der Waals surface area contributed by atoms with Gasteiger partial charge >= 0.3 is 0 Å². The summed E-state index contributed by atoms with van der Waals surface area (Å²) < 4.78 is 37.1. The molecule has 0 aliphatic rings. The van der Waals surface area contributed by atoms with E-state index >= 15 is 0 Å². The molecule has 0 fully saturated rings. The van der Waals surface area contributed by atoms with Gasteiger partial charge in [0, 0.05) is 24.5 Å². The van der Waals surface area contributed by atoms with E-state index in [1.54, 1.807) is 31.4 Å². The maximum Gasteiger partial charge on any atom is 0.242 e. The van der Waals surface area contributed by atoms with E-state index in [9.17, 15) is 8.42 Å². The van der Waals surface area contributed by atoms with Crippen LogP contribution >= 0.6 is 0 Å². The molecule has 21 heavy (non-hydrogen) atoms. The lowest BCUT2D eigenvalue weighted by atomic mass is 10.2. The Kier molecular flexibility index (Phi) is 4.77. The SMILES string of the molecule is COc1ccc(OC)c(CNS(=O)(=O)c2cccnc2)c1. The van der Waals surface area contributed by atoms with Crippen LogP contribution in [0.25, 0.3) is 0 Å². The summed E-state index contributed by atoms with van der Waals surface area (Å²) in [6.45, 7) is 0.0948. The van der Waals surface area contributed by atoms with Crippen LogP contribution in [0.3, 0.4) is 0 Å². The van der Waals surface area contributed by atoms with Crippen LogP contribution in [0, 0.1) is 0 Å². The number of pyridine rings is 1. The average molecular weight is 308 g/mol. The lowest BCUT2D eigenvalue weighted by Crippen LogP contribution is -2.23. The molecule has 0 saturated carbocycles. The summed E-state index contributed by atoms with van der Waals surface area (Å²) in [5, 5.41) is 0. The van der Waals surface area contributed by atoms with Gasteiger partial charge in [-0.3, -0.25) is 4.98 Å². The molecule has 112 valence electrons. The first-order chi connectivity index (χ1) is 10.1. The molecule has 0 aliphatic carbocycles. The first-order valence-corrected chi connectivity index (χ1v) is 7.66. The Labute approximate surface area is 123 Å². The summed E-state index contributed by atoms with van der Waals surface area (Å²) in [7, 11) is -0.536. The number of ether oxygens (including phenoxy) is 2. The number of rotatable bonds is 6. The minimum atomic E-state index is -3.61. The molecule has 7 heteroatoms. The zero-order valence-corrected chi connectivity index (χ0v) is 12.6. The molecule has 0 spiro atoms. The molecule has 0 radical (unpaired) electrons. The smallest absolute Gasteiger partial charge is 0.242 e. The molecular weight excluding hydrogens is 292 g/mol. The highest BCUT2D eigenvalue weighted by molar-refractivity contribution is 7.89. The predicted octanol–water partition coefficient (Wildman–Crippen LogP) is 1.58. The highest BCUT2D eigenvalue weighted by Crippen LogP contribution is 2.24. The van der Waals surface area contributed by atoms with Crippen LogP contribution in [0.5, 0.6) is 11.5 Å². The molecule has 6 nitrogen and oxygen atoms in total. The van der Waals surface area contributed by atoms with Crippen LogP contribution in [0.4, 0.5) is 0 Å². The summed E-state index contributed by atoms with van der Waals surface area (Å²) in [5.41, 5.74) is 0.685. The second kappa shape index (κ2) is 6.55. The number of aromatic nitrogens is 1. The zero-order valence-electron chi connectivity index (χ0n) is 11.7. The van der Waals surface area contributed by atoms with E-state index in [1.807, 2.05) is 0 Å². The first-order valence-electron chi connectivity index (χ1n) is 6.17. The molecule has 1 aromatic heterocycles. The van der Waals surface area contributed by atoms with Gasteiger partial charge in [0.1, 0.15) is 16.4 Å². The highest BCUT2D eigenvalue weighted by atomic mass is 32.2. The van der Waals surface area contributed by atoms with Crippen molar-refractivity contribution in [2.75, 3.05) is 14.2 Å². The second-order valence-corrected chi connectivity index (χ2v) is 5.96. The summed E-state index contributed by atoms with van der Waals surface area (Å²) in [5.74, 6) is 1.22. The molecule has 0 unspecified atom stereocenters. The van der Waals surface area contributed by atoms with Gasteiger partial charge in [0.25, 0.3) is 0 Å². The van der Waals surface area contributed by atoms with Crippen LogP contribution in [-0.4, -0.2) is 27.6 Å². The van der Waals surface area contributed by atoms with Crippen molar-refractivity contribution in [2.45, 2.75) is 11.4 Å². The molecule has 0 bridgehead atoms. The van der Waals surface area contributed by atoms with E-state index in [1.165, 1.54) is 25.6 Å². The molecule has 0 atom stereocenters. The van der Waals surface area contributed by atoms with Crippen molar-refractivity contribution in [1.82, 2.24) is 9.71 Å². The summed E-state index contributed by atoms with van der Waals surface area (Å²) >= 11 is 0. The van der Waals surface area contributed by atoms with Crippen LogP contribution in [0.1, 0.15) is 5.56 Å². The van der Waals surface area contributed by atoms with E-state index in [0.717, 1.165) is 0 Å². The fourth-order valence-electron chi connectivity index (χ4n) is 1.78. The maximum atomic E-state index is 12.1. The third-order valence-corrected chi connectivity index (χ3v) is 4.27. The molecule has 2 rings (SSSR count). The largest absolute Gasteiger partial charge is 0.497 e. The van der Waals surface area contributed by atoms with Crippen molar-refractivity contribution in [3.63, 3.8) is 0 Å². The van der Waals surface area contributed by atoms with Crippen molar-refractivity contribution in [3.05, 3.63) is 48.3 Å². The van der Waals surface area contributed by atoms with Crippen LogP contribution in [-0.2, 0) is 16.6 Å². The van der Waals surface area contributed by atoms with Crippen LogP contribution < -0.4 is 14.2 Å². The second-order valence-electron chi connectivity index (χ2n) is 4.19. The Hall–Kier alpha value is -2.12. The van der Waals surface area contributed by atoms with Crippen molar-refractivity contribution in [3.8, 4) is 11.5 Å². The van der Waals surface area contributed by atoms with Gasteiger partial charge in [0.05, 0.1) is 14.2 Å². The lowest BCUT2D eigenvalue weighted by Gasteiger charge is -2.11. The van der Waals surface area contributed by atoms with E-state index in [-0.39, 0.29) is 11.4 Å². The van der Waals surface area contributed by atoms with Gasteiger partial charge in [-0.2, -0.15) is 0 Å². The topological polar surface area (TPSA) is 77.5 Å². The number of benzene rings is 1. The molecule has 2 aromatic rings. The number of hydrogen-bond donors (Lipinski definition) is 1. The fraction of sp³-hybridized carbons (Fsp3) is 0.214. The summed E-state index contributed by atoms with van der Waals surface area (Å²) in [6.07, 6.45) is 2.81. The van der Waals surface area contributed by atoms with Crippen LogP contribution in [0.15, 0.2) is 47.6 Å². The standard InChI is InChI=1S/C14H16N2O4S/c1-19-12-5-6-14(20-2)11(8-12)9-16-21(17,18)13-4-3-7-15-10-13/h3-8,10,16H,9H2,1-2H3. The van der Waals surface area contributed by atoms with Crippen molar-refractivity contribution in [2.24, 2.45) is 0 Å². The van der Waals surface area contributed by atoms with Gasteiger partial charge in [0.2, 0.25) is 10.0 Å². The molecule has 1 N–H and O–H groups in total. The van der Waals surface area contributed by atoms with E-state index in [4.69, 9.17) is 9.47 Å². The minimum Gasteiger partial charge on any atom is -0.497 e. The Balaban J connectivity index is 2.20. The van der Waals surface area contributed by atoms with Crippen molar-refractivity contribution in [1.29, 1.82) is 0 Å². The number of methoxy groups -OCH3 is 2. The van der Waals surface area contributed by atoms with E-state index in [0.29, 0.717) is 17.1 Å². The van der Waals surface area contributed by atoms with Gasteiger partial charge in [-0.1, -0.05) is 0 Å². The zero-order chi connectivity index (χ0) is 15.3. The third kappa shape index (κ3) is 3.71. The first kappa shape index (κ1) is 15.3. The van der Waals surface area contributed by atoms with Gasteiger partial charge in [-0.25, -0.2) is 13.1 Å². The van der Waals surface area contributed by atoms with Gasteiger partial charge in [-0.15, -0.1) is 0 Å². The fourth-order valence-corrected chi connectivity index (χ4v) is 2.75. The average Bonchev–Trinajstić information content (AvgIpc) is 2.53. The Morgan fingerprint density at radius 3 is 2.62 bits per heavy atom. The highest BCUT2D eigenvalue weighted by Gasteiger charge is 2.15. The summed E-state index contributed by atoms with van der Waals surface area (Å²) in [4.78, 5) is 3.92. The molecule has 0 aliphatic heterocycles. The van der Waals surface area contributed by atoms with E-state index < -0.39 is 10.0 Å².